The maximum atomic E-state index is 2.50. The summed E-state index contributed by atoms with van der Waals surface area (Å²) in [5.74, 6) is 0. The lowest BCUT2D eigenvalue weighted by atomic mass is 10.2. The van der Waals surface area contributed by atoms with E-state index in [9.17, 15) is 0 Å². The molecule has 1 nitrogen and oxygen atoms in total. The van der Waals surface area contributed by atoms with E-state index in [4.69, 9.17) is 0 Å². The summed E-state index contributed by atoms with van der Waals surface area (Å²) < 4.78 is 0. The van der Waals surface area contributed by atoms with Crippen LogP contribution in [0.25, 0.3) is 6.08 Å². The third-order valence-electron chi connectivity index (χ3n) is 2.55. The van der Waals surface area contributed by atoms with Crippen molar-refractivity contribution in [2.45, 2.75) is 26.7 Å². The van der Waals surface area contributed by atoms with Gasteiger partial charge in [-0.1, -0.05) is 56.3 Å². The van der Waals surface area contributed by atoms with Crippen molar-refractivity contribution in [1.29, 1.82) is 0 Å². The van der Waals surface area contributed by atoms with Crippen molar-refractivity contribution < 1.29 is 0 Å². The van der Waals surface area contributed by atoms with Gasteiger partial charge in [-0.25, -0.2) is 0 Å². The Labute approximate surface area is 99.8 Å². The van der Waals surface area contributed by atoms with Crippen LogP contribution in [0.1, 0.15) is 32.3 Å². The summed E-state index contributed by atoms with van der Waals surface area (Å²) in [5, 5.41) is 0. The van der Waals surface area contributed by atoms with Crippen LogP contribution in [0.3, 0.4) is 0 Å². The van der Waals surface area contributed by atoms with E-state index < -0.39 is 0 Å². The number of nitrogens with zero attached hydrogens (tertiary/aromatic N) is 1. The number of rotatable bonds is 7. The maximum Gasteiger partial charge on any atom is 0.0166 e. The largest absolute Gasteiger partial charge is 0.300 e. The van der Waals surface area contributed by atoms with Crippen molar-refractivity contribution in [2.24, 2.45) is 0 Å². The highest BCUT2D eigenvalue weighted by atomic mass is 15.1. The van der Waals surface area contributed by atoms with Crippen LogP contribution >= 0.6 is 0 Å². The summed E-state index contributed by atoms with van der Waals surface area (Å²) in [6.45, 7) is 7.95. The van der Waals surface area contributed by atoms with Crippen molar-refractivity contribution in [3.8, 4) is 0 Å². The third kappa shape index (κ3) is 5.13. The van der Waals surface area contributed by atoms with Gasteiger partial charge in [-0.15, -0.1) is 0 Å². The molecule has 0 aromatic heterocycles. The van der Waals surface area contributed by atoms with E-state index in [2.05, 4.69) is 61.2 Å². The van der Waals surface area contributed by atoms with Crippen molar-refractivity contribution in [2.75, 3.05) is 19.6 Å². The Balaban J connectivity index is 2.39. The first-order chi connectivity index (χ1) is 7.86. The molecule has 0 aliphatic rings. The smallest absolute Gasteiger partial charge is 0.0166 e. The maximum absolute atomic E-state index is 2.50. The molecule has 0 aliphatic carbocycles. The van der Waals surface area contributed by atoms with E-state index in [0.29, 0.717) is 0 Å². The van der Waals surface area contributed by atoms with Gasteiger partial charge >= 0.3 is 0 Å². The highest BCUT2D eigenvalue weighted by molar-refractivity contribution is 5.48. The van der Waals surface area contributed by atoms with Gasteiger partial charge in [0.1, 0.15) is 0 Å². The summed E-state index contributed by atoms with van der Waals surface area (Å²) >= 11 is 0. The van der Waals surface area contributed by atoms with Crippen LogP contribution in [0.4, 0.5) is 0 Å². The van der Waals surface area contributed by atoms with Crippen LogP contribution in [0.2, 0.25) is 0 Å². The minimum absolute atomic E-state index is 1.07. The fourth-order valence-corrected chi connectivity index (χ4v) is 1.83. The van der Waals surface area contributed by atoms with Gasteiger partial charge in [0.15, 0.2) is 0 Å². The van der Waals surface area contributed by atoms with Gasteiger partial charge in [-0.2, -0.15) is 0 Å². The van der Waals surface area contributed by atoms with E-state index in [1.807, 2.05) is 0 Å². The van der Waals surface area contributed by atoms with Crippen LogP contribution in [0.15, 0.2) is 36.4 Å². The molecule has 1 rings (SSSR count). The molecule has 0 saturated carbocycles. The average Bonchev–Trinajstić information content (AvgIpc) is 2.31. The zero-order valence-electron chi connectivity index (χ0n) is 10.5. The second-order valence-corrected chi connectivity index (χ2v) is 4.11. The van der Waals surface area contributed by atoms with E-state index in [1.54, 1.807) is 0 Å². The molecule has 0 N–H and O–H groups in total. The highest BCUT2D eigenvalue weighted by Crippen LogP contribution is 2.02. The third-order valence-corrected chi connectivity index (χ3v) is 2.55. The Morgan fingerprint density at radius 1 is 1.00 bits per heavy atom. The monoisotopic (exact) mass is 217 g/mol. The Kier molecular flexibility index (Phi) is 6.59. The number of benzene rings is 1. The topological polar surface area (TPSA) is 3.24 Å². The lowest BCUT2D eigenvalue weighted by Crippen LogP contribution is -2.25. The van der Waals surface area contributed by atoms with Gasteiger partial charge in [0.2, 0.25) is 0 Å². The van der Waals surface area contributed by atoms with Crippen molar-refractivity contribution in [3.63, 3.8) is 0 Å². The van der Waals surface area contributed by atoms with Gasteiger partial charge in [-0.3, -0.25) is 4.90 Å². The predicted molar refractivity (Wildman–Crippen MR) is 72.5 cm³/mol. The predicted octanol–water partition coefficient (Wildman–Crippen LogP) is 3.82. The molecular formula is C15H23N. The van der Waals surface area contributed by atoms with Crippen molar-refractivity contribution in [3.05, 3.63) is 42.0 Å². The Bertz CT molecular complexity index is 284. The summed E-state index contributed by atoms with van der Waals surface area (Å²) in [5.41, 5.74) is 1.29. The zero-order valence-corrected chi connectivity index (χ0v) is 10.5. The molecule has 0 unspecified atom stereocenters. The van der Waals surface area contributed by atoms with Crippen LogP contribution in [0, 0.1) is 0 Å². The second kappa shape index (κ2) is 8.12. The number of hydrogen-bond acceptors (Lipinski definition) is 1. The molecule has 0 atom stereocenters. The molecule has 1 heteroatoms. The summed E-state index contributed by atoms with van der Waals surface area (Å²) in [6, 6.07) is 10.5. The van der Waals surface area contributed by atoms with Gasteiger partial charge in [0.25, 0.3) is 0 Å². The van der Waals surface area contributed by atoms with E-state index in [0.717, 1.165) is 6.54 Å². The molecule has 0 amide bonds. The lowest BCUT2D eigenvalue weighted by molar-refractivity contribution is 0.304. The molecule has 0 aliphatic heterocycles. The highest BCUT2D eigenvalue weighted by Gasteiger charge is 1.98. The average molecular weight is 217 g/mol. The summed E-state index contributed by atoms with van der Waals surface area (Å²) in [4.78, 5) is 2.50. The molecule has 0 bridgehead atoms. The molecule has 0 saturated heterocycles. The first-order valence-corrected chi connectivity index (χ1v) is 6.30. The summed E-state index contributed by atoms with van der Waals surface area (Å²) in [7, 11) is 0. The molecular weight excluding hydrogens is 194 g/mol. The normalized spacial score (nSPS) is 11.4. The second-order valence-electron chi connectivity index (χ2n) is 4.11. The van der Waals surface area contributed by atoms with Crippen LogP contribution in [0.5, 0.6) is 0 Å². The minimum Gasteiger partial charge on any atom is -0.300 e. The van der Waals surface area contributed by atoms with E-state index in [-0.39, 0.29) is 0 Å². The summed E-state index contributed by atoms with van der Waals surface area (Å²) in [6.07, 6.45) is 6.94. The molecule has 16 heavy (non-hydrogen) atoms. The fourth-order valence-electron chi connectivity index (χ4n) is 1.83. The minimum atomic E-state index is 1.07. The fraction of sp³-hybridized carbons (Fsp3) is 0.467. The van der Waals surface area contributed by atoms with Crippen LogP contribution < -0.4 is 0 Å². The Hall–Kier alpha value is -1.08. The van der Waals surface area contributed by atoms with Crippen LogP contribution in [-0.4, -0.2) is 24.5 Å². The lowest BCUT2D eigenvalue weighted by Gasteiger charge is -2.18. The van der Waals surface area contributed by atoms with E-state index >= 15 is 0 Å². The molecule has 0 heterocycles. The van der Waals surface area contributed by atoms with E-state index in [1.165, 1.54) is 31.5 Å². The van der Waals surface area contributed by atoms with Gasteiger partial charge in [-0.05, 0) is 31.5 Å². The van der Waals surface area contributed by atoms with Crippen molar-refractivity contribution in [1.82, 2.24) is 4.90 Å². The molecule has 1 aromatic rings. The quantitative estimate of drug-likeness (QED) is 0.671. The molecule has 0 radical (unpaired) electrons. The molecule has 88 valence electrons. The molecule has 0 fully saturated rings. The van der Waals surface area contributed by atoms with Crippen LogP contribution in [-0.2, 0) is 0 Å². The zero-order chi connectivity index (χ0) is 11.6. The molecule has 0 spiro atoms. The molecule has 1 aromatic carbocycles. The first-order valence-electron chi connectivity index (χ1n) is 6.30. The number of hydrogen-bond donors (Lipinski definition) is 0. The van der Waals surface area contributed by atoms with Crippen molar-refractivity contribution >= 4 is 6.08 Å². The Morgan fingerprint density at radius 3 is 2.19 bits per heavy atom. The van der Waals surface area contributed by atoms with Gasteiger partial charge in [0.05, 0.1) is 0 Å². The van der Waals surface area contributed by atoms with Gasteiger partial charge < -0.3 is 0 Å². The Morgan fingerprint density at radius 2 is 1.62 bits per heavy atom. The van der Waals surface area contributed by atoms with Gasteiger partial charge in [0, 0.05) is 6.54 Å². The SMILES string of the molecule is CCCN(CC=Cc1ccccc1)CCC. The standard InChI is InChI=1S/C15H23N/c1-3-12-16(13-4-2)14-8-11-15-9-6-5-7-10-15/h5-11H,3-4,12-14H2,1-2H3. The first kappa shape index (κ1) is 13.0.